The van der Waals surface area contributed by atoms with E-state index in [4.69, 9.17) is 14.2 Å². The molecule has 6 heteroatoms. The maximum Gasteiger partial charge on any atom is 0.306 e. The molecule has 1 unspecified atom stereocenters. The number of esters is 3. The minimum Gasteiger partial charge on any atom is -0.462 e. The molecule has 0 aliphatic rings. The number of allylic oxidation sites excluding steroid dienone is 6. The van der Waals surface area contributed by atoms with Crippen molar-refractivity contribution >= 4 is 17.9 Å². The summed E-state index contributed by atoms with van der Waals surface area (Å²) in [6.45, 7) is 6.50. The zero-order valence-corrected chi connectivity index (χ0v) is 48.5. The molecule has 0 aromatic heterocycles. The van der Waals surface area contributed by atoms with Gasteiger partial charge in [-0.1, -0.05) is 314 Å². The minimum atomic E-state index is -0.775. The summed E-state index contributed by atoms with van der Waals surface area (Å²) in [6.07, 6.45) is 75.1. The second-order valence-corrected chi connectivity index (χ2v) is 21.7. The van der Waals surface area contributed by atoms with Crippen LogP contribution in [0.4, 0.5) is 0 Å². The van der Waals surface area contributed by atoms with E-state index < -0.39 is 6.10 Å². The van der Waals surface area contributed by atoms with Gasteiger partial charge in [-0.3, -0.25) is 14.4 Å². The highest BCUT2D eigenvalue weighted by molar-refractivity contribution is 5.71. The molecule has 422 valence electrons. The van der Waals surface area contributed by atoms with Crippen molar-refractivity contribution in [3.8, 4) is 0 Å². The van der Waals surface area contributed by atoms with Gasteiger partial charge in [0.2, 0.25) is 0 Å². The van der Waals surface area contributed by atoms with Crippen LogP contribution in [0.1, 0.15) is 348 Å². The van der Waals surface area contributed by atoms with Crippen molar-refractivity contribution in [3.63, 3.8) is 0 Å². The smallest absolute Gasteiger partial charge is 0.306 e. The molecule has 0 aromatic rings. The Morgan fingerprint density at radius 3 is 0.847 bits per heavy atom. The lowest BCUT2D eigenvalue weighted by Crippen LogP contribution is -2.30. The Bertz CT molecular complexity index is 1210. The van der Waals surface area contributed by atoms with Gasteiger partial charge in [-0.25, -0.2) is 0 Å². The Labute approximate surface area is 448 Å². The van der Waals surface area contributed by atoms with Gasteiger partial charge >= 0.3 is 17.9 Å². The SMILES string of the molecule is CC/C=C\C/C=C\C/C=C\CCCCCCCC(=O)OC(COC(=O)CCCCCCCC)COC(=O)CCCCCCCCCCCCCCCCCCCCCCCCCCCCCCCCCCC. The van der Waals surface area contributed by atoms with Crippen LogP contribution in [0, 0.1) is 0 Å². The predicted octanol–water partition coefficient (Wildman–Crippen LogP) is 21.6. The molecule has 0 radical (unpaired) electrons. The van der Waals surface area contributed by atoms with Gasteiger partial charge < -0.3 is 14.2 Å². The van der Waals surface area contributed by atoms with E-state index >= 15 is 0 Å². The summed E-state index contributed by atoms with van der Waals surface area (Å²) in [7, 11) is 0. The molecule has 0 amide bonds. The van der Waals surface area contributed by atoms with Gasteiger partial charge in [0.15, 0.2) is 6.10 Å². The Balaban J connectivity index is 3.90. The van der Waals surface area contributed by atoms with E-state index in [0.717, 1.165) is 96.3 Å². The molecule has 0 rings (SSSR count). The van der Waals surface area contributed by atoms with E-state index in [0.29, 0.717) is 19.3 Å². The van der Waals surface area contributed by atoms with Crippen molar-refractivity contribution in [2.75, 3.05) is 13.2 Å². The fourth-order valence-electron chi connectivity index (χ4n) is 9.64. The van der Waals surface area contributed by atoms with Gasteiger partial charge in [0.25, 0.3) is 0 Å². The first kappa shape index (κ1) is 69.6. The first-order valence-electron chi connectivity index (χ1n) is 32.0. The standard InChI is InChI=1S/C66H122O6/c1-4-7-10-13-16-18-20-22-24-25-26-27-28-29-30-31-32-33-34-35-36-37-38-39-40-41-43-44-46-48-50-53-56-59-65(68)71-62-63(61-70-64(67)58-55-52-15-12-9-6-3)72-66(69)60-57-54-51-49-47-45-42-23-21-19-17-14-11-8-5-2/h8,11,17,19,23,42,63H,4-7,9-10,12-16,18,20-22,24-41,43-62H2,1-3H3/b11-8-,19-17-,42-23-. The minimum absolute atomic E-state index is 0.0757. The summed E-state index contributed by atoms with van der Waals surface area (Å²) in [5.41, 5.74) is 0. The van der Waals surface area contributed by atoms with Crippen LogP contribution in [0.15, 0.2) is 36.5 Å². The maximum atomic E-state index is 12.8. The van der Waals surface area contributed by atoms with Crippen LogP contribution >= 0.6 is 0 Å². The van der Waals surface area contributed by atoms with Crippen LogP contribution < -0.4 is 0 Å². The number of carbonyl (C=O) groups is 3. The molecule has 0 saturated carbocycles. The Hall–Kier alpha value is -2.37. The number of rotatable bonds is 59. The molecule has 0 saturated heterocycles. The van der Waals surface area contributed by atoms with Gasteiger partial charge in [-0.05, 0) is 51.4 Å². The lowest BCUT2D eigenvalue weighted by Gasteiger charge is -2.18. The molecular weight excluding hydrogens is 889 g/mol. The summed E-state index contributed by atoms with van der Waals surface area (Å²) in [6, 6.07) is 0. The van der Waals surface area contributed by atoms with Crippen molar-refractivity contribution in [1.82, 2.24) is 0 Å². The van der Waals surface area contributed by atoms with Gasteiger partial charge in [0.1, 0.15) is 13.2 Å². The van der Waals surface area contributed by atoms with Crippen LogP contribution in [-0.2, 0) is 28.6 Å². The number of hydrogen-bond donors (Lipinski definition) is 0. The van der Waals surface area contributed by atoms with Gasteiger partial charge in [0, 0.05) is 19.3 Å². The predicted molar refractivity (Wildman–Crippen MR) is 312 cm³/mol. The summed E-state index contributed by atoms with van der Waals surface area (Å²) in [4.78, 5) is 37.9. The van der Waals surface area contributed by atoms with Crippen LogP contribution in [-0.4, -0.2) is 37.2 Å². The summed E-state index contributed by atoms with van der Waals surface area (Å²) in [5.74, 6) is -0.887. The highest BCUT2D eigenvalue weighted by Crippen LogP contribution is 2.18. The maximum absolute atomic E-state index is 12.8. The zero-order chi connectivity index (χ0) is 52.2. The van der Waals surface area contributed by atoms with E-state index in [2.05, 4.69) is 57.2 Å². The van der Waals surface area contributed by atoms with Crippen molar-refractivity contribution in [2.45, 2.75) is 354 Å². The lowest BCUT2D eigenvalue weighted by atomic mass is 10.0. The van der Waals surface area contributed by atoms with Gasteiger partial charge in [-0.15, -0.1) is 0 Å². The molecule has 0 fully saturated rings. The van der Waals surface area contributed by atoms with Crippen molar-refractivity contribution in [2.24, 2.45) is 0 Å². The molecule has 1 atom stereocenters. The number of ether oxygens (including phenoxy) is 3. The fourth-order valence-corrected chi connectivity index (χ4v) is 9.64. The average molecular weight is 1010 g/mol. The second-order valence-electron chi connectivity index (χ2n) is 21.7. The van der Waals surface area contributed by atoms with E-state index in [-0.39, 0.29) is 31.1 Å². The molecule has 0 aliphatic carbocycles. The largest absolute Gasteiger partial charge is 0.462 e. The van der Waals surface area contributed by atoms with Crippen molar-refractivity contribution in [1.29, 1.82) is 0 Å². The molecule has 72 heavy (non-hydrogen) atoms. The van der Waals surface area contributed by atoms with Crippen LogP contribution in [0.2, 0.25) is 0 Å². The molecule has 0 spiro atoms. The molecule has 0 aromatic carbocycles. The molecule has 0 heterocycles. The van der Waals surface area contributed by atoms with Gasteiger partial charge in [-0.2, -0.15) is 0 Å². The van der Waals surface area contributed by atoms with E-state index in [1.165, 1.54) is 212 Å². The van der Waals surface area contributed by atoms with Gasteiger partial charge in [0.05, 0.1) is 0 Å². The Morgan fingerprint density at radius 2 is 0.542 bits per heavy atom. The topological polar surface area (TPSA) is 78.9 Å². The highest BCUT2D eigenvalue weighted by atomic mass is 16.6. The van der Waals surface area contributed by atoms with E-state index in [1.807, 2.05) is 0 Å². The second kappa shape index (κ2) is 61.2. The number of hydrogen-bond acceptors (Lipinski definition) is 6. The molecule has 6 nitrogen and oxygen atoms in total. The van der Waals surface area contributed by atoms with E-state index in [1.54, 1.807) is 0 Å². The third kappa shape index (κ3) is 58.5. The third-order valence-electron chi connectivity index (χ3n) is 14.4. The normalized spacial score (nSPS) is 12.2. The highest BCUT2D eigenvalue weighted by Gasteiger charge is 2.19. The van der Waals surface area contributed by atoms with E-state index in [9.17, 15) is 14.4 Å². The zero-order valence-electron chi connectivity index (χ0n) is 48.5. The summed E-state index contributed by atoms with van der Waals surface area (Å²) >= 11 is 0. The lowest BCUT2D eigenvalue weighted by molar-refractivity contribution is -0.167. The average Bonchev–Trinajstić information content (AvgIpc) is 3.38. The molecule has 0 N–H and O–H groups in total. The van der Waals surface area contributed by atoms with Crippen LogP contribution in [0.5, 0.6) is 0 Å². The fraction of sp³-hybridized carbons (Fsp3) is 0.864. The summed E-state index contributed by atoms with van der Waals surface area (Å²) < 4.78 is 16.8. The first-order chi connectivity index (χ1) is 35.5. The number of carbonyl (C=O) groups excluding carboxylic acids is 3. The Morgan fingerprint density at radius 1 is 0.292 bits per heavy atom. The van der Waals surface area contributed by atoms with Crippen LogP contribution in [0.25, 0.3) is 0 Å². The summed E-state index contributed by atoms with van der Waals surface area (Å²) in [5, 5.41) is 0. The number of unbranched alkanes of at least 4 members (excludes halogenated alkanes) is 42. The van der Waals surface area contributed by atoms with Crippen molar-refractivity contribution in [3.05, 3.63) is 36.5 Å². The molecule has 0 bridgehead atoms. The molecular formula is C66H122O6. The molecule has 0 aliphatic heterocycles. The van der Waals surface area contributed by atoms with Crippen LogP contribution in [0.3, 0.4) is 0 Å². The van der Waals surface area contributed by atoms with Crippen molar-refractivity contribution < 1.29 is 28.6 Å². The Kier molecular flexibility index (Phi) is 59.2. The monoisotopic (exact) mass is 1010 g/mol. The third-order valence-corrected chi connectivity index (χ3v) is 14.4. The first-order valence-corrected chi connectivity index (χ1v) is 32.0. The quantitative estimate of drug-likeness (QED) is 0.0261.